The minimum atomic E-state index is 0.335. The van der Waals surface area contributed by atoms with Gasteiger partial charge in [-0.05, 0) is 36.5 Å². The number of piperidine rings is 1. The van der Waals surface area contributed by atoms with E-state index in [2.05, 4.69) is 42.7 Å². The zero-order valence-corrected chi connectivity index (χ0v) is 13.2. The molecule has 1 saturated carbocycles. The van der Waals surface area contributed by atoms with Gasteiger partial charge in [-0.25, -0.2) is 0 Å². The SMILES string of the molecule is CCC1(C)CC1C1CCN(c2nc(C(C)C)no2)CC1. The van der Waals surface area contributed by atoms with Crippen LogP contribution in [0.25, 0.3) is 0 Å². The van der Waals surface area contributed by atoms with Gasteiger partial charge in [0.1, 0.15) is 0 Å². The first-order chi connectivity index (χ1) is 9.53. The van der Waals surface area contributed by atoms with Gasteiger partial charge < -0.3 is 9.42 Å². The van der Waals surface area contributed by atoms with Gasteiger partial charge >= 0.3 is 6.01 Å². The second kappa shape index (κ2) is 5.05. The summed E-state index contributed by atoms with van der Waals surface area (Å²) in [6.45, 7) is 11.1. The molecule has 4 nitrogen and oxygen atoms in total. The Morgan fingerprint density at radius 2 is 2.05 bits per heavy atom. The summed E-state index contributed by atoms with van der Waals surface area (Å²) in [5.74, 6) is 3.02. The van der Waals surface area contributed by atoms with Crippen LogP contribution in [0.15, 0.2) is 4.52 Å². The molecule has 2 unspecified atom stereocenters. The maximum atomic E-state index is 5.40. The van der Waals surface area contributed by atoms with Gasteiger partial charge in [-0.3, -0.25) is 0 Å². The Hall–Kier alpha value is -1.06. The number of anilines is 1. The molecule has 1 aliphatic carbocycles. The first-order valence-corrected chi connectivity index (χ1v) is 8.12. The Bertz CT molecular complexity index is 462. The highest BCUT2D eigenvalue weighted by Gasteiger charge is 2.52. The summed E-state index contributed by atoms with van der Waals surface area (Å²) in [4.78, 5) is 6.78. The van der Waals surface area contributed by atoms with Crippen LogP contribution in [0.2, 0.25) is 0 Å². The minimum Gasteiger partial charge on any atom is -0.324 e. The fourth-order valence-corrected chi connectivity index (χ4v) is 3.67. The van der Waals surface area contributed by atoms with Crippen LogP contribution in [0, 0.1) is 17.3 Å². The molecule has 0 spiro atoms. The van der Waals surface area contributed by atoms with Crippen LogP contribution in [0.3, 0.4) is 0 Å². The van der Waals surface area contributed by atoms with Crippen LogP contribution >= 0.6 is 0 Å². The lowest BCUT2D eigenvalue weighted by molar-refractivity contribution is 0.298. The lowest BCUT2D eigenvalue weighted by Crippen LogP contribution is -2.35. The summed E-state index contributed by atoms with van der Waals surface area (Å²) in [6.07, 6.45) is 5.32. The summed E-state index contributed by atoms with van der Waals surface area (Å²) in [6, 6.07) is 0.723. The van der Waals surface area contributed by atoms with Gasteiger partial charge in [0, 0.05) is 19.0 Å². The van der Waals surface area contributed by atoms with Gasteiger partial charge in [-0.1, -0.05) is 39.3 Å². The molecule has 1 saturated heterocycles. The van der Waals surface area contributed by atoms with Gasteiger partial charge in [-0.2, -0.15) is 4.98 Å². The third-order valence-electron chi connectivity index (χ3n) is 5.56. The second-order valence-corrected chi connectivity index (χ2v) is 7.23. The molecule has 4 heteroatoms. The van der Waals surface area contributed by atoms with Crippen LogP contribution in [-0.2, 0) is 0 Å². The molecule has 2 fully saturated rings. The van der Waals surface area contributed by atoms with Gasteiger partial charge in [-0.15, -0.1) is 0 Å². The highest BCUT2D eigenvalue weighted by molar-refractivity contribution is 5.26. The largest absolute Gasteiger partial charge is 0.324 e. The first kappa shape index (κ1) is 13.9. The normalized spacial score (nSPS) is 31.1. The van der Waals surface area contributed by atoms with Gasteiger partial charge in [0.2, 0.25) is 0 Å². The Balaban J connectivity index is 1.56. The zero-order chi connectivity index (χ0) is 14.3. The van der Waals surface area contributed by atoms with Crippen molar-refractivity contribution < 1.29 is 4.52 Å². The Labute approximate surface area is 121 Å². The van der Waals surface area contributed by atoms with Crippen LogP contribution < -0.4 is 4.90 Å². The molecule has 20 heavy (non-hydrogen) atoms. The van der Waals surface area contributed by atoms with Gasteiger partial charge in [0.05, 0.1) is 0 Å². The molecule has 2 heterocycles. The maximum Gasteiger partial charge on any atom is 0.324 e. The van der Waals surface area contributed by atoms with Gasteiger partial charge in [0.25, 0.3) is 0 Å². The van der Waals surface area contributed by atoms with Crippen molar-refractivity contribution in [3.05, 3.63) is 5.82 Å². The quantitative estimate of drug-likeness (QED) is 0.838. The highest BCUT2D eigenvalue weighted by Crippen LogP contribution is 2.60. The summed E-state index contributed by atoms with van der Waals surface area (Å²) >= 11 is 0. The number of aromatic nitrogens is 2. The van der Waals surface area contributed by atoms with E-state index in [1.807, 2.05) is 0 Å². The molecule has 0 aromatic carbocycles. The van der Waals surface area contributed by atoms with E-state index in [0.717, 1.165) is 36.8 Å². The number of hydrogen-bond donors (Lipinski definition) is 0. The maximum absolute atomic E-state index is 5.40. The number of hydrogen-bond acceptors (Lipinski definition) is 4. The Morgan fingerprint density at radius 1 is 1.35 bits per heavy atom. The average molecular weight is 277 g/mol. The standard InChI is InChI=1S/C16H27N3O/c1-5-16(4)10-13(16)12-6-8-19(9-7-12)15-17-14(11(2)3)18-20-15/h11-13H,5-10H2,1-4H3. The molecule has 0 N–H and O–H groups in total. The van der Waals surface area contributed by atoms with E-state index in [0.29, 0.717) is 11.3 Å². The molecule has 1 aromatic heterocycles. The predicted octanol–water partition coefficient (Wildman–Crippen LogP) is 3.85. The highest BCUT2D eigenvalue weighted by atomic mass is 16.5. The van der Waals surface area contributed by atoms with Crippen molar-refractivity contribution in [1.82, 2.24) is 10.1 Å². The summed E-state index contributed by atoms with van der Waals surface area (Å²) in [5.41, 5.74) is 0.641. The lowest BCUT2D eigenvalue weighted by atomic mass is 9.87. The van der Waals surface area contributed by atoms with Crippen molar-refractivity contribution in [3.8, 4) is 0 Å². The fourth-order valence-electron chi connectivity index (χ4n) is 3.67. The van der Waals surface area contributed by atoms with Crippen LogP contribution in [-0.4, -0.2) is 23.2 Å². The molecule has 0 bridgehead atoms. The molecule has 2 aliphatic rings. The van der Waals surface area contributed by atoms with Crippen molar-refractivity contribution in [2.24, 2.45) is 17.3 Å². The van der Waals surface area contributed by atoms with E-state index < -0.39 is 0 Å². The Morgan fingerprint density at radius 3 is 2.55 bits per heavy atom. The minimum absolute atomic E-state index is 0.335. The number of nitrogens with zero attached hydrogens (tertiary/aromatic N) is 3. The molecular formula is C16H27N3O. The summed E-state index contributed by atoms with van der Waals surface area (Å²) < 4.78 is 5.40. The molecule has 3 rings (SSSR count). The second-order valence-electron chi connectivity index (χ2n) is 7.23. The first-order valence-electron chi connectivity index (χ1n) is 8.12. The molecular weight excluding hydrogens is 250 g/mol. The molecule has 0 radical (unpaired) electrons. The van der Waals surface area contributed by atoms with E-state index in [-0.39, 0.29) is 0 Å². The van der Waals surface area contributed by atoms with Crippen molar-refractivity contribution in [2.75, 3.05) is 18.0 Å². The fraction of sp³-hybridized carbons (Fsp3) is 0.875. The van der Waals surface area contributed by atoms with E-state index in [1.165, 1.54) is 25.7 Å². The van der Waals surface area contributed by atoms with E-state index in [4.69, 9.17) is 4.52 Å². The van der Waals surface area contributed by atoms with Crippen LogP contribution in [0.4, 0.5) is 6.01 Å². The van der Waals surface area contributed by atoms with E-state index in [9.17, 15) is 0 Å². The van der Waals surface area contributed by atoms with Crippen molar-refractivity contribution >= 4 is 6.01 Å². The average Bonchev–Trinajstić information content (AvgIpc) is 2.90. The zero-order valence-electron chi connectivity index (χ0n) is 13.2. The van der Waals surface area contributed by atoms with Gasteiger partial charge in [0.15, 0.2) is 5.82 Å². The monoisotopic (exact) mass is 277 g/mol. The Kier molecular flexibility index (Phi) is 3.51. The molecule has 1 aliphatic heterocycles. The summed E-state index contributed by atoms with van der Waals surface area (Å²) in [5, 5.41) is 4.07. The molecule has 0 amide bonds. The van der Waals surface area contributed by atoms with Crippen LogP contribution in [0.1, 0.15) is 65.1 Å². The molecule has 2 atom stereocenters. The lowest BCUT2D eigenvalue weighted by Gasteiger charge is -2.31. The number of rotatable bonds is 4. The van der Waals surface area contributed by atoms with Crippen molar-refractivity contribution in [3.63, 3.8) is 0 Å². The van der Waals surface area contributed by atoms with Crippen LogP contribution in [0.5, 0.6) is 0 Å². The molecule has 1 aromatic rings. The van der Waals surface area contributed by atoms with E-state index in [1.54, 1.807) is 0 Å². The third-order valence-corrected chi connectivity index (χ3v) is 5.56. The van der Waals surface area contributed by atoms with Crippen molar-refractivity contribution in [2.45, 2.75) is 59.3 Å². The van der Waals surface area contributed by atoms with E-state index >= 15 is 0 Å². The molecule has 112 valence electrons. The summed E-state index contributed by atoms with van der Waals surface area (Å²) in [7, 11) is 0. The third kappa shape index (κ3) is 2.45. The topological polar surface area (TPSA) is 42.2 Å². The smallest absolute Gasteiger partial charge is 0.324 e. The predicted molar refractivity (Wildman–Crippen MR) is 79.8 cm³/mol. The van der Waals surface area contributed by atoms with Crippen molar-refractivity contribution in [1.29, 1.82) is 0 Å².